The van der Waals surface area contributed by atoms with E-state index in [1.165, 1.54) is 0 Å². The van der Waals surface area contributed by atoms with Gasteiger partial charge in [0.2, 0.25) is 0 Å². The molecule has 0 saturated carbocycles. The summed E-state index contributed by atoms with van der Waals surface area (Å²) in [6, 6.07) is 9.02. The number of aromatic nitrogens is 3. The molecule has 0 unspecified atom stereocenters. The van der Waals surface area contributed by atoms with Crippen LogP contribution in [0.5, 0.6) is 5.75 Å². The third kappa shape index (κ3) is 2.52. The lowest BCUT2D eigenvalue weighted by molar-refractivity contribution is 0.0698. The van der Waals surface area contributed by atoms with Crippen LogP contribution in [0.3, 0.4) is 0 Å². The lowest BCUT2D eigenvalue weighted by atomic mass is 10.1. The van der Waals surface area contributed by atoms with Crippen LogP contribution in [0.2, 0.25) is 0 Å². The lowest BCUT2D eigenvalue weighted by Gasteiger charge is -2.06. The number of benzene rings is 1. The molecule has 0 amide bonds. The Bertz CT molecular complexity index is 882. The Morgan fingerprint density at radius 1 is 1.30 bits per heavy atom. The lowest BCUT2D eigenvalue weighted by Crippen LogP contribution is -2.03. The van der Waals surface area contributed by atoms with E-state index in [2.05, 4.69) is 10.1 Å². The average Bonchev–Trinajstić information content (AvgIpc) is 2.91. The number of hydrogen-bond acceptors (Lipinski definition) is 4. The zero-order chi connectivity index (χ0) is 16.6. The molecule has 3 rings (SSSR count). The number of carbonyl (C=O) groups is 1. The summed E-state index contributed by atoms with van der Waals surface area (Å²) in [5, 5.41) is 14.6. The van der Waals surface area contributed by atoms with Crippen LogP contribution in [0.25, 0.3) is 16.7 Å². The molecule has 2 heterocycles. The molecule has 2 aromatic heterocycles. The second-order valence-electron chi connectivity index (χ2n) is 5.21. The van der Waals surface area contributed by atoms with Crippen molar-refractivity contribution in [2.24, 2.45) is 0 Å². The number of carboxylic acids is 1. The molecule has 3 aromatic rings. The maximum atomic E-state index is 11.6. The molecule has 0 saturated heterocycles. The molecule has 0 aliphatic heterocycles. The Labute approximate surface area is 133 Å². The summed E-state index contributed by atoms with van der Waals surface area (Å²) in [5.41, 5.74) is 2.97. The van der Waals surface area contributed by atoms with Crippen LogP contribution in [0.1, 0.15) is 28.7 Å². The highest BCUT2D eigenvalue weighted by atomic mass is 16.5. The quantitative estimate of drug-likeness (QED) is 0.801. The van der Waals surface area contributed by atoms with Gasteiger partial charge in [0.25, 0.3) is 0 Å². The van der Waals surface area contributed by atoms with Gasteiger partial charge < -0.3 is 9.84 Å². The molecule has 0 atom stereocenters. The van der Waals surface area contributed by atoms with Crippen LogP contribution < -0.4 is 4.74 Å². The average molecular weight is 311 g/mol. The van der Waals surface area contributed by atoms with Crippen molar-refractivity contribution in [3.05, 3.63) is 47.3 Å². The molecule has 118 valence electrons. The van der Waals surface area contributed by atoms with Gasteiger partial charge in [0.15, 0.2) is 5.65 Å². The predicted molar refractivity (Wildman–Crippen MR) is 86.5 cm³/mol. The number of fused-ring (bicyclic) bond motifs is 1. The molecule has 1 N–H and O–H groups in total. The van der Waals surface area contributed by atoms with Crippen LogP contribution in [0, 0.1) is 6.92 Å². The summed E-state index contributed by atoms with van der Waals surface area (Å²) in [6.07, 6.45) is 0.656. The van der Waals surface area contributed by atoms with Gasteiger partial charge in [-0.25, -0.2) is 14.5 Å². The van der Waals surface area contributed by atoms with Crippen molar-refractivity contribution in [1.82, 2.24) is 14.8 Å². The number of hydrogen-bond donors (Lipinski definition) is 1. The molecular weight excluding hydrogens is 294 g/mol. The molecule has 6 heteroatoms. The fourth-order valence-electron chi connectivity index (χ4n) is 2.59. The van der Waals surface area contributed by atoms with Gasteiger partial charge in [-0.15, -0.1) is 0 Å². The summed E-state index contributed by atoms with van der Waals surface area (Å²) in [5.74, 6) is -0.222. The van der Waals surface area contributed by atoms with Crippen LogP contribution in [0.15, 0.2) is 30.3 Å². The van der Waals surface area contributed by atoms with E-state index in [1.54, 1.807) is 24.8 Å². The summed E-state index contributed by atoms with van der Waals surface area (Å²) >= 11 is 0. The van der Waals surface area contributed by atoms with E-state index >= 15 is 0 Å². The molecule has 23 heavy (non-hydrogen) atoms. The van der Waals surface area contributed by atoms with Crippen molar-refractivity contribution in [1.29, 1.82) is 0 Å². The molecule has 0 fully saturated rings. The number of carboxylic acid groups (broad SMARTS) is 1. The van der Waals surface area contributed by atoms with Crippen molar-refractivity contribution < 1.29 is 14.6 Å². The van der Waals surface area contributed by atoms with Gasteiger partial charge in [-0.1, -0.05) is 6.92 Å². The topological polar surface area (TPSA) is 77.2 Å². The van der Waals surface area contributed by atoms with Crippen LogP contribution in [-0.4, -0.2) is 33.0 Å². The summed E-state index contributed by atoms with van der Waals surface area (Å²) in [4.78, 5) is 16.2. The first-order valence-electron chi connectivity index (χ1n) is 7.32. The highest BCUT2D eigenvalue weighted by Crippen LogP contribution is 2.26. The first kappa shape index (κ1) is 15.0. The molecule has 0 aliphatic carbocycles. The van der Waals surface area contributed by atoms with E-state index < -0.39 is 5.97 Å². The van der Waals surface area contributed by atoms with Gasteiger partial charge in [-0.05, 0) is 43.7 Å². The van der Waals surface area contributed by atoms with Gasteiger partial charge in [0.1, 0.15) is 5.75 Å². The third-order valence-electron chi connectivity index (χ3n) is 3.78. The van der Waals surface area contributed by atoms with E-state index in [4.69, 9.17) is 4.74 Å². The first-order valence-corrected chi connectivity index (χ1v) is 7.32. The van der Waals surface area contributed by atoms with E-state index in [-0.39, 0.29) is 5.56 Å². The molecule has 0 aliphatic rings. The predicted octanol–water partition coefficient (Wildman–Crippen LogP) is 3.00. The number of methoxy groups -OCH3 is 1. The standard InChI is InChI=1S/C17H17N3O3/c1-4-11-9-14(17(21)22)15-10(2)19-20(16(15)18-11)12-5-7-13(23-3)8-6-12/h5-9H,4H2,1-3H3,(H,21,22). The number of aromatic carboxylic acids is 1. The smallest absolute Gasteiger partial charge is 0.336 e. The fourth-order valence-corrected chi connectivity index (χ4v) is 2.59. The minimum absolute atomic E-state index is 0.240. The second-order valence-corrected chi connectivity index (χ2v) is 5.21. The van der Waals surface area contributed by atoms with E-state index in [0.29, 0.717) is 23.1 Å². The zero-order valence-corrected chi connectivity index (χ0v) is 13.2. The largest absolute Gasteiger partial charge is 0.497 e. The van der Waals surface area contributed by atoms with Crippen LogP contribution in [0.4, 0.5) is 0 Å². The number of ether oxygens (including phenoxy) is 1. The van der Waals surface area contributed by atoms with Gasteiger partial charge in [-0.2, -0.15) is 5.10 Å². The molecular formula is C17H17N3O3. The Morgan fingerprint density at radius 2 is 2.00 bits per heavy atom. The molecule has 0 radical (unpaired) electrons. The van der Waals surface area contributed by atoms with E-state index in [9.17, 15) is 9.90 Å². The molecule has 1 aromatic carbocycles. The number of aryl methyl sites for hydroxylation is 2. The van der Waals surface area contributed by atoms with E-state index in [0.717, 1.165) is 17.1 Å². The third-order valence-corrected chi connectivity index (χ3v) is 3.78. The van der Waals surface area contributed by atoms with Crippen LogP contribution >= 0.6 is 0 Å². The van der Waals surface area contributed by atoms with Crippen LogP contribution in [-0.2, 0) is 6.42 Å². The van der Waals surface area contributed by atoms with E-state index in [1.807, 2.05) is 31.2 Å². The molecule has 0 spiro atoms. The fraction of sp³-hybridized carbons (Fsp3) is 0.235. The maximum absolute atomic E-state index is 11.6. The van der Waals surface area contributed by atoms with Crippen molar-refractivity contribution >= 4 is 17.0 Å². The number of nitrogens with zero attached hydrogens (tertiary/aromatic N) is 3. The Morgan fingerprint density at radius 3 is 2.57 bits per heavy atom. The minimum atomic E-state index is -0.968. The van der Waals surface area contributed by atoms with Crippen molar-refractivity contribution in [2.45, 2.75) is 20.3 Å². The van der Waals surface area contributed by atoms with Gasteiger partial charge >= 0.3 is 5.97 Å². The highest BCUT2D eigenvalue weighted by Gasteiger charge is 2.19. The van der Waals surface area contributed by atoms with Crippen molar-refractivity contribution in [2.75, 3.05) is 7.11 Å². The summed E-state index contributed by atoms with van der Waals surface area (Å²) in [7, 11) is 1.61. The SMILES string of the molecule is CCc1cc(C(=O)O)c2c(C)nn(-c3ccc(OC)cc3)c2n1. The normalized spacial score (nSPS) is 10.9. The highest BCUT2D eigenvalue weighted by molar-refractivity contribution is 6.03. The summed E-state index contributed by atoms with van der Waals surface area (Å²) < 4.78 is 6.84. The van der Waals surface area contributed by atoms with Gasteiger partial charge in [-0.3, -0.25) is 0 Å². The maximum Gasteiger partial charge on any atom is 0.336 e. The molecule has 6 nitrogen and oxygen atoms in total. The second kappa shape index (κ2) is 5.72. The summed E-state index contributed by atoms with van der Waals surface area (Å²) in [6.45, 7) is 3.74. The first-order chi connectivity index (χ1) is 11.0. The van der Waals surface area contributed by atoms with Gasteiger partial charge in [0.05, 0.1) is 29.4 Å². The van der Waals surface area contributed by atoms with Crippen molar-refractivity contribution in [3.8, 4) is 11.4 Å². The zero-order valence-electron chi connectivity index (χ0n) is 13.2. The Hall–Kier alpha value is -2.89. The van der Waals surface area contributed by atoms with Crippen molar-refractivity contribution in [3.63, 3.8) is 0 Å². The Kier molecular flexibility index (Phi) is 3.73. The number of rotatable bonds is 4. The molecule has 0 bridgehead atoms. The minimum Gasteiger partial charge on any atom is -0.497 e. The number of pyridine rings is 1. The Balaban J connectivity index is 2.29. The van der Waals surface area contributed by atoms with Gasteiger partial charge in [0, 0.05) is 5.69 Å². The monoisotopic (exact) mass is 311 g/mol.